The molecule has 1 aliphatic heterocycles. The van der Waals surface area contributed by atoms with Crippen LogP contribution in [0.2, 0.25) is 0 Å². The van der Waals surface area contributed by atoms with Crippen LogP contribution in [0.5, 0.6) is 0 Å². The van der Waals surface area contributed by atoms with Gasteiger partial charge in [-0.15, -0.1) is 0 Å². The number of piperidine rings is 1. The van der Waals surface area contributed by atoms with E-state index in [1.165, 1.54) is 6.42 Å². The van der Waals surface area contributed by atoms with Crippen molar-refractivity contribution in [2.24, 2.45) is 0 Å². The Balaban J connectivity index is 2.27. The van der Waals surface area contributed by atoms with Gasteiger partial charge < -0.3 is 10.2 Å². The van der Waals surface area contributed by atoms with Crippen molar-refractivity contribution < 1.29 is 4.79 Å². The Morgan fingerprint density at radius 2 is 2.20 bits per heavy atom. The topological polar surface area (TPSA) is 45.2 Å². The maximum atomic E-state index is 12.8. The minimum Gasteiger partial charge on any atom is -0.373 e. The van der Waals surface area contributed by atoms with E-state index in [1.54, 1.807) is 0 Å². The number of hydrogen-bond donors (Lipinski definition) is 1. The molecule has 1 fully saturated rings. The number of aromatic nitrogens is 1. The largest absolute Gasteiger partial charge is 0.373 e. The van der Waals surface area contributed by atoms with Crippen molar-refractivity contribution in [3.63, 3.8) is 0 Å². The van der Waals surface area contributed by atoms with Crippen molar-refractivity contribution in [3.05, 3.63) is 23.4 Å². The lowest BCUT2D eigenvalue weighted by Gasteiger charge is -2.35. The molecule has 4 nitrogen and oxygen atoms in total. The van der Waals surface area contributed by atoms with E-state index in [9.17, 15) is 4.79 Å². The number of anilines is 1. The predicted octanol–water partition coefficient (Wildman–Crippen LogP) is 3.09. The van der Waals surface area contributed by atoms with Crippen LogP contribution in [0.25, 0.3) is 0 Å². The fraction of sp³-hybridized carbons (Fsp3) is 0.625. The van der Waals surface area contributed by atoms with Gasteiger partial charge in [0.1, 0.15) is 5.82 Å². The zero-order valence-corrected chi connectivity index (χ0v) is 12.8. The molecule has 4 heteroatoms. The molecule has 1 amide bonds. The van der Waals surface area contributed by atoms with E-state index in [4.69, 9.17) is 0 Å². The van der Waals surface area contributed by atoms with Gasteiger partial charge in [-0.1, -0.05) is 13.8 Å². The predicted molar refractivity (Wildman–Crippen MR) is 82.1 cm³/mol. The summed E-state index contributed by atoms with van der Waals surface area (Å²) in [7, 11) is 1.84. The van der Waals surface area contributed by atoms with Gasteiger partial charge in [-0.05, 0) is 44.2 Å². The molecule has 1 N–H and O–H groups in total. The molecular weight excluding hydrogens is 250 g/mol. The molecule has 0 bridgehead atoms. The first-order chi connectivity index (χ1) is 9.69. The average Bonchev–Trinajstić information content (AvgIpc) is 2.53. The number of amides is 1. The van der Waals surface area contributed by atoms with Gasteiger partial charge in [-0.2, -0.15) is 0 Å². The minimum absolute atomic E-state index is 0.158. The lowest BCUT2D eigenvalue weighted by molar-refractivity contribution is 0.0608. The SMILES string of the molecule is CCc1cc(C(=O)N2CCCCC2CC)cc(NC)n1. The van der Waals surface area contributed by atoms with Gasteiger partial charge in [0.2, 0.25) is 0 Å². The van der Waals surface area contributed by atoms with Crippen LogP contribution in [0.1, 0.15) is 55.6 Å². The Morgan fingerprint density at radius 3 is 2.85 bits per heavy atom. The van der Waals surface area contributed by atoms with E-state index >= 15 is 0 Å². The molecule has 1 aromatic heterocycles. The van der Waals surface area contributed by atoms with E-state index < -0.39 is 0 Å². The summed E-state index contributed by atoms with van der Waals surface area (Å²) < 4.78 is 0. The third-order valence-electron chi connectivity index (χ3n) is 4.10. The molecule has 1 unspecified atom stereocenters. The summed E-state index contributed by atoms with van der Waals surface area (Å²) in [6.07, 6.45) is 5.36. The number of aryl methyl sites for hydroxylation is 1. The number of carbonyl (C=O) groups is 1. The summed E-state index contributed by atoms with van der Waals surface area (Å²) in [6.45, 7) is 5.11. The molecule has 1 aromatic rings. The van der Waals surface area contributed by atoms with Crippen LogP contribution >= 0.6 is 0 Å². The molecule has 0 aromatic carbocycles. The van der Waals surface area contributed by atoms with Crippen molar-refractivity contribution in [3.8, 4) is 0 Å². The smallest absolute Gasteiger partial charge is 0.254 e. The number of nitrogens with one attached hydrogen (secondary N) is 1. The van der Waals surface area contributed by atoms with Crippen molar-refractivity contribution in [1.29, 1.82) is 0 Å². The summed E-state index contributed by atoms with van der Waals surface area (Å²) in [5.74, 6) is 0.933. The highest BCUT2D eigenvalue weighted by atomic mass is 16.2. The zero-order chi connectivity index (χ0) is 14.5. The Bertz CT molecular complexity index is 451. The number of nitrogens with zero attached hydrogens (tertiary/aromatic N) is 2. The van der Waals surface area contributed by atoms with Crippen LogP contribution in [0.3, 0.4) is 0 Å². The highest BCUT2D eigenvalue weighted by Crippen LogP contribution is 2.23. The summed E-state index contributed by atoms with van der Waals surface area (Å²) in [5.41, 5.74) is 1.73. The van der Waals surface area contributed by atoms with Crippen LogP contribution in [-0.2, 0) is 6.42 Å². The molecule has 1 saturated heterocycles. The Morgan fingerprint density at radius 1 is 1.40 bits per heavy atom. The Labute approximate surface area is 121 Å². The summed E-state index contributed by atoms with van der Waals surface area (Å²) in [6, 6.07) is 4.19. The van der Waals surface area contributed by atoms with Crippen LogP contribution < -0.4 is 5.32 Å². The average molecular weight is 275 g/mol. The lowest BCUT2D eigenvalue weighted by Crippen LogP contribution is -2.43. The second-order valence-corrected chi connectivity index (χ2v) is 5.39. The van der Waals surface area contributed by atoms with Crippen LogP contribution in [0.15, 0.2) is 12.1 Å². The molecule has 2 rings (SSSR count). The summed E-state index contributed by atoms with van der Waals surface area (Å²) >= 11 is 0. The number of hydrogen-bond acceptors (Lipinski definition) is 3. The quantitative estimate of drug-likeness (QED) is 0.918. The number of rotatable bonds is 4. The molecule has 110 valence electrons. The minimum atomic E-state index is 0.158. The molecule has 0 radical (unpaired) electrons. The van der Waals surface area contributed by atoms with Crippen LogP contribution in [-0.4, -0.2) is 35.4 Å². The molecule has 0 spiro atoms. The van der Waals surface area contributed by atoms with Gasteiger partial charge in [0.25, 0.3) is 5.91 Å². The van der Waals surface area contributed by atoms with Gasteiger partial charge in [0.05, 0.1) is 0 Å². The standard InChI is InChI=1S/C16H25N3O/c1-4-13-10-12(11-15(17-3)18-13)16(20)19-9-7-6-8-14(19)5-2/h10-11,14H,4-9H2,1-3H3,(H,17,18). The fourth-order valence-corrected chi connectivity index (χ4v) is 2.88. The monoisotopic (exact) mass is 275 g/mol. The lowest BCUT2D eigenvalue weighted by atomic mass is 9.99. The number of carbonyl (C=O) groups excluding carboxylic acids is 1. The third kappa shape index (κ3) is 3.11. The van der Waals surface area contributed by atoms with Gasteiger partial charge >= 0.3 is 0 Å². The fourth-order valence-electron chi connectivity index (χ4n) is 2.88. The molecule has 1 atom stereocenters. The van der Waals surface area contributed by atoms with Crippen molar-refractivity contribution in [2.75, 3.05) is 18.9 Å². The zero-order valence-electron chi connectivity index (χ0n) is 12.8. The summed E-state index contributed by atoms with van der Waals surface area (Å²) in [4.78, 5) is 19.3. The highest BCUT2D eigenvalue weighted by molar-refractivity contribution is 5.95. The second kappa shape index (κ2) is 6.73. The van der Waals surface area contributed by atoms with E-state index in [-0.39, 0.29) is 5.91 Å². The Kier molecular flexibility index (Phi) is 4.99. The molecule has 2 heterocycles. The number of pyridine rings is 1. The Hall–Kier alpha value is -1.58. The van der Waals surface area contributed by atoms with Crippen molar-refractivity contribution in [2.45, 2.75) is 52.0 Å². The van der Waals surface area contributed by atoms with E-state index in [0.717, 1.165) is 49.3 Å². The normalized spacial score (nSPS) is 18.9. The van der Waals surface area contributed by atoms with Crippen LogP contribution in [0.4, 0.5) is 5.82 Å². The highest BCUT2D eigenvalue weighted by Gasteiger charge is 2.26. The van der Waals surface area contributed by atoms with Gasteiger partial charge in [-0.25, -0.2) is 4.98 Å². The molecule has 0 saturated carbocycles. The maximum Gasteiger partial charge on any atom is 0.254 e. The molecule has 0 aliphatic carbocycles. The number of likely N-dealkylation sites (tertiary alicyclic amines) is 1. The van der Waals surface area contributed by atoms with Gasteiger partial charge in [0, 0.05) is 30.9 Å². The van der Waals surface area contributed by atoms with Gasteiger partial charge in [0.15, 0.2) is 0 Å². The first-order valence-electron chi connectivity index (χ1n) is 7.69. The van der Waals surface area contributed by atoms with E-state index in [0.29, 0.717) is 6.04 Å². The molecular formula is C16H25N3O. The van der Waals surface area contributed by atoms with E-state index in [1.807, 2.05) is 19.2 Å². The maximum absolute atomic E-state index is 12.8. The molecule has 20 heavy (non-hydrogen) atoms. The third-order valence-corrected chi connectivity index (χ3v) is 4.10. The van der Waals surface area contributed by atoms with Crippen molar-refractivity contribution >= 4 is 11.7 Å². The second-order valence-electron chi connectivity index (χ2n) is 5.39. The van der Waals surface area contributed by atoms with Gasteiger partial charge in [-0.3, -0.25) is 4.79 Å². The van der Waals surface area contributed by atoms with Crippen LogP contribution in [0, 0.1) is 0 Å². The molecule has 1 aliphatic rings. The first-order valence-corrected chi connectivity index (χ1v) is 7.69. The van der Waals surface area contributed by atoms with Crippen molar-refractivity contribution in [1.82, 2.24) is 9.88 Å². The summed E-state index contributed by atoms with van der Waals surface area (Å²) in [5, 5.41) is 3.04. The van der Waals surface area contributed by atoms with E-state index in [2.05, 4.69) is 29.0 Å². The first kappa shape index (κ1) is 14.8.